The summed E-state index contributed by atoms with van der Waals surface area (Å²) in [6, 6.07) is 4.33. The standard InChI is InChI=1S/C19H15ClF2N4O2S/c1-18(14-6-19(14,16(27)28)29-17(23)26-18)11-4-9(7-25-15(11)22)5-12(21)13-3-2-10(20)8-24-13/h2-5,7-8,14H,6H2,1H3,(H2,23,26)(H,27,28)/b12-5+. The number of thioether (sulfide) groups is 1. The van der Waals surface area contributed by atoms with Gasteiger partial charge in [-0.1, -0.05) is 23.4 Å². The van der Waals surface area contributed by atoms with Crippen LogP contribution in [-0.2, 0) is 10.3 Å². The van der Waals surface area contributed by atoms with Crippen molar-refractivity contribution in [3.63, 3.8) is 0 Å². The van der Waals surface area contributed by atoms with E-state index in [0.29, 0.717) is 11.4 Å². The van der Waals surface area contributed by atoms with Crippen LogP contribution in [0.4, 0.5) is 8.78 Å². The zero-order valence-electron chi connectivity index (χ0n) is 15.1. The lowest BCUT2D eigenvalue weighted by atomic mass is 9.86. The van der Waals surface area contributed by atoms with Gasteiger partial charge in [-0.2, -0.15) is 4.39 Å². The van der Waals surface area contributed by atoms with E-state index >= 15 is 0 Å². The van der Waals surface area contributed by atoms with Gasteiger partial charge in [0.25, 0.3) is 0 Å². The SMILES string of the molecule is CC1(c2cc(/C=C(/F)c3ccc(Cl)cn3)cnc2F)N=C(N)SC2(C(=O)O)CC21. The Hall–Kier alpha value is -2.52. The number of amidine groups is 1. The van der Waals surface area contributed by atoms with E-state index in [-0.39, 0.29) is 22.0 Å². The van der Waals surface area contributed by atoms with Crippen molar-refractivity contribution >= 4 is 46.4 Å². The first kappa shape index (κ1) is 19.8. The number of carbonyl (C=O) groups is 1. The van der Waals surface area contributed by atoms with Gasteiger partial charge >= 0.3 is 5.97 Å². The molecule has 0 aromatic carbocycles. The van der Waals surface area contributed by atoms with Gasteiger partial charge in [-0.05, 0) is 43.2 Å². The Kier molecular flexibility index (Phi) is 4.62. The van der Waals surface area contributed by atoms with E-state index in [1.165, 1.54) is 30.6 Å². The molecule has 150 valence electrons. The fourth-order valence-corrected chi connectivity index (χ4v) is 5.12. The normalized spacial score (nSPS) is 28.5. The number of nitrogens with zero attached hydrogens (tertiary/aromatic N) is 3. The first-order valence-corrected chi connectivity index (χ1v) is 9.78. The van der Waals surface area contributed by atoms with E-state index in [0.717, 1.165) is 17.8 Å². The van der Waals surface area contributed by atoms with Crippen LogP contribution in [-0.4, -0.2) is 31.0 Å². The molecule has 3 atom stereocenters. The van der Waals surface area contributed by atoms with Crippen molar-refractivity contribution in [2.75, 3.05) is 0 Å². The maximum Gasteiger partial charge on any atom is 0.320 e. The highest BCUT2D eigenvalue weighted by Gasteiger charge is 2.71. The molecule has 0 amide bonds. The summed E-state index contributed by atoms with van der Waals surface area (Å²) in [5.74, 6) is -2.92. The number of hydrogen-bond acceptors (Lipinski definition) is 6. The number of aliphatic carboxylic acids is 1. The van der Waals surface area contributed by atoms with E-state index in [1.54, 1.807) is 6.92 Å². The molecule has 29 heavy (non-hydrogen) atoms. The average molecular weight is 437 g/mol. The van der Waals surface area contributed by atoms with E-state index in [4.69, 9.17) is 17.3 Å². The third-order valence-electron chi connectivity index (χ3n) is 5.25. The van der Waals surface area contributed by atoms with Crippen LogP contribution in [0, 0.1) is 11.9 Å². The summed E-state index contributed by atoms with van der Waals surface area (Å²) >= 11 is 6.74. The Bertz CT molecular complexity index is 1080. The summed E-state index contributed by atoms with van der Waals surface area (Å²) in [4.78, 5) is 23.7. The third-order valence-corrected chi connectivity index (χ3v) is 6.76. The van der Waals surface area contributed by atoms with Crippen molar-refractivity contribution in [1.29, 1.82) is 0 Å². The fraction of sp³-hybridized carbons (Fsp3) is 0.263. The Morgan fingerprint density at radius 3 is 2.83 bits per heavy atom. The van der Waals surface area contributed by atoms with Crippen molar-refractivity contribution in [3.05, 3.63) is 58.4 Å². The second kappa shape index (κ2) is 6.77. The topological polar surface area (TPSA) is 101 Å². The molecule has 0 spiro atoms. The van der Waals surface area contributed by atoms with Gasteiger partial charge in [-0.3, -0.25) is 14.8 Å². The molecule has 1 fully saturated rings. The van der Waals surface area contributed by atoms with Crippen LogP contribution in [0.25, 0.3) is 11.9 Å². The summed E-state index contributed by atoms with van der Waals surface area (Å²) in [6.07, 6.45) is 3.96. The highest BCUT2D eigenvalue weighted by molar-refractivity contribution is 8.15. The summed E-state index contributed by atoms with van der Waals surface area (Å²) < 4.78 is 28.0. The van der Waals surface area contributed by atoms with Gasteiger partial charge in [-0.15, -0.1) is 0 Å². The van der Waals surface area contributed by atoms with Gasteiger partial charge in [0.15, 0.2) is 5.17 Å². The molecule has 2 aromatic rings. The van der Waals surface area contributed by atoms with Gasteiger partial charge < -0.3 is 10.8 Å². The molecular formula is C19H15ClF2N4O2S. The quantitative estimate of drug-likeness (QED) is 0.706. The molecule has 1 aliphatic heterocycles. The number of nitrogens with two attached hydrogens (primary N) is 1. The van der Waals surface area contributed by atoms with Crippen molar-refractivity contribution in [2.45, 2.75) is 23.6 Å². The lowest BCUT2D eigenvalue weighted by Crippen LogP contribution is -2.39. The number of carboxylic acid groups (broad SMARTS) is 1. The van der Waals surface area contributed by atoms with Crippen molar-refractivity contribution in [2.24, 2.45) is 16.6 Å². The maximum absolute atomic E-state index is 14.6. The Labute approximate surface area is 173 Å². The molecule has 3 unspecified atom stereocenters. The molecule has 3 heterocycles. The Morgan fingerprint density at radius 2 is 2.17 bits per heavy atom. The summed E-state index contributed by atoms with van der Waals surface area (Å²) in [5, 5.41) is 10.1. The first-order chi connectivity index (χ1) is 13.7. The highest BCUT2D eigenvalue weighted by atomic mass is 35.5. The predicted molar refractivity (Wildman–Crippen MR) is 107 cm³/mol. The minimum Gasteiger partial charge on any atom is -0.480 e. The molecule has 10 heteroatoms. The molecule has 6 nitrogen and oxygen atoms in total. The minimum absolute atomic E-state index is 0.0647. The zero-order chi connectivity index (χ0) is 21.0. The van der Waals surface area contributed by atoms with Crippen molar-refractivity contribution in [3.8, 4) is 0 Å². The molecule has 0 saturated heterocycles. The van der Waals surface area contributed by atoms with Crippen LogP contribution < -0.4 is 5.73 Å². The van der Waals surface area contributed by atoms with Crippen LogP contribution in [0.2, 0.25) is 5.02 Å². The molecule has 0 bridgehead atoms. The monoisotopic (exact) mass is 436 g/mol. The van der Waals surface area contributed by atoms with Crippen LogP contribution in [0.3, 0.4) is 0 Å². The number of pyridine rings is 2. The Balaban J connectivity index is 1.74. The average Bonchev–Trinajstić information content (AvgIpc) is 3.40. The summed E-state index contributed by atoms with van der Waals surface area (Å²) in [7, 11) is 0. The van der Waals surface area contributed by atoms with Gasteiger partial charge in [0.05, 0.1) is 16.3 Å². The summed E-state index contributed by atoms with van der Waals surface area (Å²) in [6.45, 7) is 1.62. The predicted octanol–water partition coefficient (Wildman–Crippen LogP) is 3.86. The van der Waals surface area contributed by atoms with Crippen LogP contribution in [0.1, 0.15) is 30.2 Å². The number of halogens is 3. The van der Waals surface area contributed by atoms with Gasteiger partial charge in [0, 0.05) is 23.9 Å². The molecular weight excluding hydrogens is 422 g/mol. The number of fused-ring (bicyclic) bond motifs is 1. The fourth-order valence-electron chi connectivity index (χ4n) is 3.69. The minimum atomic E-state index is -1.22. The lowest BCUT2D eigenvalue weighted by Gasteiger charge is -2.32. The van der Waals surface area contributed by atoms with Crippen LogP contribution in [0.15, 0.2) is 35.6 Å². The second-order valence-corrected chi connectivity index (χ2v) is 8.90. The number of rotatable bonds is 4. The molecule has 1 aliphatic carbocycles. The lowest BCUT2D eigenvalue weighted by molar-refractivity contribution is -0.137. The number of hydrogen-bond donors (Lipinski definition) is 2. The maximum atomic E-state index is 14.6. The third kappa shape index (κ3) is 3.28. The van der Waals surface area contributed by atoms with E-state index in [1.807, 2.05) is 0 Å². The van der Waals surface area contributed by atoms with Gasteiger partial charge in [-0.25, -0.2) is 9.37 Å². The molecule has 1 saturated carbocycles. The van der Waals surface area contributed by atoms with Crippen LogP contribution >= 0.6 is 23.4 Å². The summed E-state index contributed by atoms with van der Waals surface area (Å²) in [5.41, 5.74) is 5.06. The zero-order valence-corrected chi connectivity index (χ0v) is 16.6. The largest absolute Gasteiger partial charge is 0.480 e. The highest BCUT2D eigenvalue weighted by Crippen LogP contribution is 2.65. The van der Waals surface area contributed by atoms with Crippen molar-refractivity contribution < 1.29 is 18.7 Å². The van der Waals surface area contributed by atoms with E-state index in [9.17, 15) is 18.7 Å². The molecule has 4 rings (SSSR count). The molecule has 2 aliphatic rings. The first-order valence-electron chi connectivity index (χ1n) is 8.58. The Morgan fingerprint density at radius 1 is 1.41 bits per heavy atom. The molecule has 2 aromatic heterocycles. The van der Waals surface area contributed by atoms with Gasteiger partial charge in [0.2, 0.25) is 5.95 Å². The number of aliphatic imine (C=N–C) groups is 1. The molecule has 3 N–H and O–H groups in total. The van der Waals surface area contributed by atoms with Crippen LogP contribution in [0.5, 0.6) is 0 Å². The number of carboxylic acids is 1. The van der Waals surface area contributed by atoms with E-state index < -0.39 is 33.9 Å². The molecule has 0 radical (unpaired) electrons. The second-order valence-electron chi connectivity index (χ2n) is 7.11. The van der Waals surface area contributed by atoms with Gasteiger partial charge in [0.1, 0.15) is 10.6 Å². The number of aromatic nitrogens is 2. The van der Waals surface area contributed by atoms with Crippen molar-refractivity contribution in [1.82, 2.24) is 9.97 Å². The smallest absolute Gasteiger partial charge is 0.320 e. The van der Waals surface area contributed by atoms with E-state index in [2.05, 4.69) is 15.0 Å².